The predicted molar refractivity (Wildman–Crippen MR) is 41.9 cm³/mol. The molecule has 0 N–H and O–H groups in total. The highest BCUT2D eigenvalue weighted by molar-refractivity contribution is 6.22. The van der Waals surface area contributed by atoms with Crippen molar-refractivity contribution in [2.75, 3.05) is 13.2 Å². The molecule has 4 heteroatoms. The molecule has 1 fully saturated rings. The fourth-order valence-electron chi connectivity index (χ4n) is 1.16. The maximum atomic E-state index is 5.88. The van der Waals surface area contributed by atoms with E-state index in [4.69, 9.17) is 21.1 Å². The van der Waals surface area contributed by atoms with Crippen LogP contribution in [0.4, 0.5) is 0 Å². The Bertz CT molecular complexity index is 208. The number of alkyl halides is 1. The van der Waals surface area contributed by atoms with Crippen LogP contribution in [0, 0.1) is 0 Å². The van der Waals surface area contributed by atoms with Crippen LogP contribution >= 0.6 is 11.6 Å². The number of aliphatic imine (C=N–C) groups is 1. The number of halogens is 1. The number of ether oxygens (including phenoxy) is 2. The highest BCUT2D eigenvalue weighted by atomic mass is 35.5. The van der Waals surface area contributed by atoms with Crippen LogP contribution in [0.5, 0.6) is 0 Å². The zero-order chi connectivity index (χ0) is 7.73. The molecular formula is C7H8ClNO2. The summed E-state index contributed by atoms with van der Waals surface area (Å²) in [6.45, 7) is 1.17. The summed E-state index contributed by atoms with van der Waals surface area (Å²) in [6.07, 6.45) is 5.23. The lowest BCUT2D eigenvalue weighted by atomic mass is 10.2. The van der Waals surface area contributed by atoms with E-state index in [1.54, 1.807) is 18.4 Å². The maximum Gasteiger partial charge on any atom is 0.225 e. The van der Waals surface area contributed by atoms with Gasteiger partial charge >= 0.3 is 0 Å². The fraction of sp³-hybridized carbons (Fsp3) is 0.571. The van der Waals surface area contributed by atoms with E-state index < -0.39 is 11.3 Å². The molecule has 0 aromatic carbocycles. The van der Waals surface area contributed by atoms with Gasteiger partial charge < -0.3 is 9.47 Å². The highest BCUT2D eigenvalue weighted by Crippen LogP contribution is 2.31. The molecule has 2 aliphatic rings. The molecular weight excluding hydrogens is 166 g/mol. The van der Waals surface area contributed by atoms with Crippen molar-refractivity contribution in [1.29, 1.82) is 0 Å². The summed E-state index contributed by atoms with van der Waals surface area (Å²) < 4.78 is 10.7. The van der Waals surface area contributed by atoms with Crippen molar-refractivity contribution in [1.82, 2.24) is 0 Å². The zero-order valence-corrected chi connectivity index (χ0v) is 6.62. The standard InChI is InChI=1S/C7H8ClNO2/c8-6-7(2-1-3-9-6)10-4-5-11-7/h1-3,6H,4-5H2. The first-order valence-corrected chi connectivity index (χ1v) is 3.90. The number of rotatable bonds is 0. The molecule has 2 heterocycles. The minimum Gasteiger partial charge on any atom is -0.341 e. The molecule has 2 aliphatic heterocycles. The number of hydrogen-bond acceptors (Lipinski definition) is 3. The highest BCUT2D eigenvalue weighted by Gasteiger charge is 2.42. The van der Waals surface area contributed by atoms with Crippen LogP contribution in [0.1, 0.15) is 0 Å². The molecule has 3 nitrogen and oxygen atoms in total. The van der Waals surface area contributed by atoms with Crippen LogP contribution in [-0.4, -0.2) is 30.7 Å². The lowest BCUT2D eigenvalue weighted by molar-refractivity contribution is -0.116. The quantitative estimate of drug-likeness (QED) is 0.403. The van der Waals surface area contributed by atoms with Crippen LogP contribution in [0.2, 0.25) is 0 Å². The van der Waals surface area contributed by atoms with Crippen LogP contribution < -0.4 is 0 Å². The third-order valence-corrected chi connectivity index (χ3v) is 2.12. The molecule has 0 aliphatic carbocycles. The Hall–Kier alpha value is -0.380. The van der Waals surface area contributed by atoms with Crippen LogP contribution in [-0.2, 0) is 9.47 Å². The van der Waals surface area contributed by atoms with E-state index in [1.807, 2.05) is 0 Å². The summed E-state index contributed by atoms with van der Waals surface area (Å²) in [4.78, 5) is 3.97. The van der Waals surface area contributed by atoms with Crippen molar-refractivity contribution < 1.29 is 9.47 Å². The first-order valence-electron chi connectivity index (χ1n) is 3.46. The Morgan fingerprint density at radius 1 is 1.45 bits per heavy atom. The molecule has 0 bridgehead atoms. The van der Waals surface area contributed by atoms with Gasteiger partial charge in [0.1, 0.15) is 0 Å². The van der Waals surface area contributed by atoms with E-state index in [9.17, 15) is 0 Å². The van der Waals surface area contributed by atoms with Crippen LogP contribution in [0.15, 0.2) is 17.1 Å². The summed E-state index contributed by atoms with van der Waals surface area (Å²) in [5, 5.41) is 0. The first kappa shape index (κ1) is 7.28. The smallest absolute Gasteiger partial charge is 0.225 e. The van der Waals surface area contributed by atoms with Crippen molar-refractivity contribution in [3.63, 3.8) is 0 Å². The molecule has 1 atom stereocenters. The fourth-order valence-corrected chi connectivity index (χ4v) is 1.43. The van der Waals surface area contributed by atoms with Crippen molar-refractivity contribution in [2.45, 2.75) is 11.3 Å². The molecule has 2 rings (SSSR count). The van der Waals surface area contributed by atoms with Crippen molar-refractivity contribution >= 4 is 17.8 Å². The summed E-state index contributed by atoms with van der Waals surface area (Å²) >= 11 is 5.88. The van der Waals surface area contributed by atoms with Gasteiger partial charge in [-0.3, -0.25) is 4.99 Å². The van der Waals surface area contributed by atoms with Crippen LogP contribution in [0.25, 0.3) is 0 Å². The van der Waals surface area contributed by atoms with Gasteiger partial charge in [-0.05, 0) is 12.2 Å². The summed E-state index contributed by atoms with van der Waals surface area (Å²) in [5.41, 5.74) is -0.449. The first-order chi connectivity index (χ1) is 5.33. The van der Waals surface area contributed by atoms with E-state index in [2.05, 4.69) is 4.99 Å². The minimum absolute atomic E-state index is 0.449. The van der Waals surface area contributed by atoms with Gasteiger partial charge in [0.25, 0.3) is 0 Å². The average molecular weight is 174 g/mol. The SMILES string of the molecule is ClC1N=CC=CC12OCCO2. The molecule has 60 valence electrons. The molecule has 0 amide bonds. The molecule has 0 aromatic heterocycles. The second kappa shape index (κ2) is 2.59. The number of hydrogen-bond donors (Lipinski definition) is 0. The molecule has 0 radical (unpaired) electrons. The summed E-state index contributed by atoms with van der Waals surface area (Å²) in [6, 6.07) is 0. The normalized spacial score (nSPS) is 33.4. The lowest BCUT2D eigenvalue weighted by Crippen LogP contribution is -2.38. The monoisotopic (exact) mass is 173 g/mol. The van der Waals surface area contributed by atoms with Crippen LogP contribution in [0.3, 0.4) is 0 Å². The number of nitrogens with zero attached hydrogens (tertiary/aromatic N) is 1. The number of allylic oxidation sites excluding steroid dienone is 1. The van der Waals surface area contributed by atoms with E-state index in [0.717, 1.165) is 0 Å². The van der Waals surface area contributed by atoms with Gasteiger partial charge in [-0.1, -0.05) is 11.6 Å². The lowest BCUT2D eigenvalue weighted by Gasteiger charge is -2.27. The van der Waals surface area contributed by atoms with E-state index in [0.29, 0.717) is 13.2 Å². The third-order valence-electron chi connectivity index (χ3n) is 1.70. The van der Waals surface area contributed by atoms with Gasteiger partial charge in [0.05, 0.1) is 13.2 Å². The van der Waals surface area contributed by atoms with Gasteiger partial charge in [-0.25, -0.2) is 0 Å². The number of dihydropyridines is 1. The largest absolute Gasteiger partial charge is 0.341 e. The van der Waals surface area contributed by atoms with Crippen molar-refractivity contribution in [3.05, 3.63) is 12.2 Å². The summed E-state index contributed by atoms with van der Waals surface area (Å²) in [7, 11) is 0. The molecule has 1 unspecified atom stereocenters. The minimum atomic E-state index is -0.781. The summed E-state index contributed by atoms with van der Waals surface area (Å²) in [5.74, 6) is -0.781. The molecule has 1 saturated heterocycles. The Morgan fingerprint density at radius 2 is 2.18 bits per heavy atom. The average Bonchev–Trinajstić information content (AvgIpc) is 2.46. The Morgan fingerprint density at radius 3 is 2.82 bits per heavy atom. The van der Waals surface area contributed by atoms with E-state index in [-0.39, 0.29) is 0 Å². The van der Waals surface area contributed by atoms with Gasteiger partial charge in [0, 0.05) is 6.21 Å². The molecule has 1 spiro atoms. The van der Waals surface area contributed by atoms with Gasteiger partial charge in [0.15, 0.2) is 5.50 Å². The van der Waals surface area contributed by atoms with E-state index >= 15 is 0 Å². The van der Waals surface area contributed by atoms with Gasteiger partial charge in [-0.2, -0.15) is 0 Å². The third kappa shape index (κ3) is 1.09. The Kier molecular flexibility index (Phi) is 1.71. The van der Waals surface area contributed by atoms with E-state index in [1.165, 1.54) is 0 Å². The second-order valence-electron chi connectivity index (χ2n) is 2.41. The van der Waals surface area contributed by atoms with Crippen molar-refractivity contribution in [3.8, 4) is 0 Å². The predicted octanol–water partition coefficient (Wildman–Crippen LogP) is 0.935. The topological polar surface area (TPSA) is 30.8 Å². The van der Waals surface area contributed by atoms with Gasteiger partial charge in [-0.15, -0.1) is 0 Å². The zero-order valence-electron chi connectivity index (χ0n) is 5.87. The second-order valence-corrected chi connectivity index (χ2v) is 2.82. The Balaban J connectivity index is 2.23. The van der Waals surface area contributed by atoms with Gasteiger partial charge in [0.2, 0.25) is 5.79 Å². The molecule has 0 saturated carbocycles. The van der Waals surface area contributed by atoms with Crippen molar-refractivity contribution in [2.24, 2.45) is 4.99 Å². The maximum absolute atomic E-state index is 5.88. The molecule has 0 aromatic rings. The molecule has 11 heavy (non-hydrogen) atoms. The Labute approximate surface area is 69.7 Å².